The average molecular weight is 1280 g/mol. The van der Waals surface area contributed by atoms with Gasteiger partial charge in [0.1, 0.15) is 0 Å². The Bertz CT molecular complexity index is 3110. The third-order valence-corrected chi connectivity index (χ3v) is 9.57. The maximum atomic E-state index is 11.1. The molecule has 0 aliphatic carbocycles. The molecule has 12 rings (SSSR count). The van der Waals surface area contributed by atoms with Gasteiger partial charge in [-0.2, -0.15) is 0 Å². The van der Waals surface area contributed by atoms with Gasteiger partial charge in [-0.15, -0.1) is 0 Å². The van der Waals surface area contributed by atoms with E-state index in [4.69, 9.17) is 19.8 Å². The van der Waals surface area contributed by atoms with Crippen LogP contribution >= 0.6 is 0 Å². The van der Waals surface area contributed by atoms with E-state index in [0.717, 1.165) is 46.2 Å². The maximum Gasteiger partial charge on any atom is 2.00 e. The fourth-order valence-electron chi connectivity index (χ4n) is 6.46. The molecular formula is C58H46N6O12Zn4. The fourth-order valence-corrected chi connectivity index (χ4v) is 6.46. The standard InChI is InChI=1S/6C9H7NO.2C2H4O2.2H2O.4Zn/c6*11-8-5-1-3-7-4-2-6-10-9(7)8;2*1-2(3)4;;;;;;/h6*1-6,11H;2*1H3,(H,3,4);2*1H2;;;;/q;;;;;;;;;;4*+2/p-8. The zero-order valence-corrected chi connectivity index (χ0v) is 55.2. The Labute approximate surface area is 510 Å². The normalized spacial score (nSPS) is 9.03. The molecule has 12 aromatic rings. The van der Waals surface area contributed by atoms with E-state index in [1.807, 2.05) is 109 Å². The zero-order chi connectivity index (χ0) is 53.2. The van der Waals surface area contributed by atoms with Crippen molar-refractivity contribution >= 4 is 77.4 Å². The Morgan fingerprint density at radius 3 is 0.487 bits per heavy atom. The van der Waals surface area contributed by atoms with Crippen molar-refractivity contribution in [2.45, 2.75) is 13.8 Å². The van der Waals surface area contributed by atoms with Crippen molar-refractivity contribution < 1.29 is 139 Å². The first-order valence-electron chi connectivity index (χ1n) is 22.1. The molecule has 6 aromatic carbocycles. The quantitative estimate of drug-likeness (QED) is 0.195. The minimum Gasteiger partial charge on any atom is -0.871 e. The summed E-state index contributed by atoms with van der Waals surface area (Å²) in [4.78, 5) is 41.6. The Morgan fingerprint density at radius 2 is 0.375 bits per heavy atom. The van der Waals surface area contributed by atoms with E-state index in [9.17, 15) is 30.6 Å². The van der Waals surface area contributed by atoms with Gasteiger partial charge in [-0.1, -0.05) is 180 Å². The van der Waals surface area contributed by atoms with Crippen LogP contribution in [0.4, 0.5) is 0 Å². The van der Waals surface area contributed by atoms with Gasteiger partial charge in [0.15, 0.2) is 0 Å². The maximum absolute atomic E-state index is 11.1. The number of para-hydroxylation sites is 6. The summed E-state index contributed by atoms with van der Waals surface area (Å²) < 4.78 is 0. The number of pyridine rings is 6. The van der Waals surface area contributed by atoms with Crippen molar-refractivity contribution in [3.8, 4) is 34.5 Å². The molecule has 0 aliphatic rings. The van der Waals surface area contributed by atoms with Gasteiger partial charge in [0.25, 0.3) is 0 Å². The molecular weight excluding hydrogens is 1230 g/mol. The number of nitrogens with zero attached hydrogens (tertiary/aromatic N) is 6. The van der Waals surface area contributed by atoms with E-state index >= 15 is 0 Å². The van der Waals surface area contributed by atoms with Crippen LogP contribution in [0.1, 0.15) is 13.8 Å². The first-order valence-corrected chi connectivity index (χ1v) is 22.1. The van der Waals surface area contributed by atoms with Crippen LogP contribution in [0.25, 0.3) is 65.4 Å². The van der Waals surface area contributed by atoms with Crippen molar-refractivity contribution in [3.63, 3.8) is 0 Å². The first-order chi connectivity index (χ1) is 35.7. The minimum absolute atomic E-state index is 0. The number of hydrogen-bond donors (Lipinski definition) is 0. The van der Waals surface area contributed by atoms with Crippen LogP contribution < -0.4 is 40.9 Å². The largest absolute Gasteiger partial charge is 2.00 e. The molecule has 4 N–H and O–H groups in total. The van der Waals surface area contributed by atoms with Gasteiger partial charge in [-0.3, -0.25) is 29.9 Å². The summed E-state index contributed by atoms with van der Waals surface area (Å²) in [6, 6.07) is 53.1. The monoisotopic (exact) mass is 1270 g/mol. The van der Waals surface area contributed by atoms with Crippen molar-refractivity contribution in [3.05, 3.63) is 219 Å². The molecule has 22 heteroatoms. The van der Waals surface area contributed by atoms with Crippen LogP contribution in [0, 0.1) is 0 Å². The van der Waals surface area contributed by atoms with Gasteiger partial charge in [0, 0.05) is 49.1 Å². The van der Waals surface area contributed by atoms with Gasteiger partial charge in [0.2, 0.25) is 0 Å². The topological polar surface area (TPSA) is 359 Å². The molecule has 0 aliphatic heterocycles. The molecule has 80 heavy (non-hydrogen) atoms. The SMILES string of the molecule is CC(=O)[O-].CC(=O)[O-].O.O.[O-]c1cccc2cccnc12.[O-]c1cccc2cccnc12.[O-]c1cccc2cccnc12.[O-]c1cccc2cccnc12.[O-]c1cccc2cccnc12.[O-]c1cccc2cccnc12.[Zn+2].[Zn+2].[Zn+2].[Zn+2]. The van der Waals surface area contributed by atoms with Gasteiger partial charge < -0.3 is 61.4 Å². The van der Waals surface area contributed by atoms with Crippen LogP contribution in [-0.4, -0.2) is 52.8 Å². The molecule has 0 fully saturated rings. The third kappa shape index (κ3) is 23.9. The van der Waals surface area contributed by atoms with E-state index in [-0.39, 0.29) is 123 Å². The summed E-state index contributed by atoms with van der Waals surface area (Å²) >= 11 is 0. The summed E-state index contributed by atoms with van der Waals surface area (Å²) in [5.41, 5.74) is 3.31. The smallest absolute Gasteiger partial charge is 0.871 e. The minimum atomic E-state index is -1.08. The fraction of sp³-hybridized carbons (Fsp3) is 0.0345. The van der Waals surface area contributed by atoms with E-state index in [1.54, 1.807) is 73.6 Å². The van der Waals surface area contributed by atoms with E-state index in [1.165, 1.54) is 36.4 Å². The number of aliphatic carboxylic acids is 2. The van der Waals surface area contributed by atoms with Crippen LogP contribution in [-0.2, 0) is 87.5 Å². The van der Waals surface area contributed by atoms with Crippen molar-refractivity contribution in [2.24, 2.45) is 0 Å². The molecule has 0 atom stereocenters. The molecule has 0 unspecified atom stereocenters. The number of carbonyl (C=O) groups excluding carboxylic acids is 2. The molecule has 6 heterocycles. The Morgan fingerprint density at radius 1 is 0.263 bits per heavy atom. The second kappa shape index (κ2) is 39.3. The summed E-state index contributed by atoms with van der Waals surface area (Å²) in [7, 11) is 0. The number of benzene rings is 6. The van der Waals surface area contributed by atoms with Crippen molar-refractivity contribution in [1.29, 1.82) is 0 Å². The third-order valence-electron chi connectivity index (χ3n) is 9.57. The molecule has 0 bridgehead atoms. The van der Waals surface area contributed by atoms with Crippen molar-refractivity contribution in [2.75, 3.05) is 0 Å². The second-order valence-corrected chi connectivity index (χ2v) is 15.0. The van der Waals surface area contributed by atoms with Crippen LogP contribution in [0.3, 0.4) is 0 Å². The van der Waals surface area contributed by atoms with Crippen LogP contribution in [0.15, 0.2) is 219 Å². The van der Waals surface area contributed by atoms with E-state index in [2.05, 4.69) is 29.9 Å². The Balaban J connectivity index is 0. The molecule has 0 amide bonds. The molecule has 388 valence electrons. The first kappa shape index (κ1) is 74.0. The Kier molecular flexibility index (Phi) is 36.4. The number of rotatable bonds is 0. The summed E-state index contributed by atoms with van der Waals surface area (Å²) in [6.45, 7) is 1.94. The molecule has 0 radical (unpaired) electrons. The molecule has 0 spiro atoms. The molecule has 0 saturated carbocycles. The number of aromatic nitrogens is 6. The van der Waals surface area contributed by atoms with E-state index < -0.39 is 11.9 Å². The molecule has 0 saturated heterocycles. The average Bonchev–Trinajstić information content (AvgIpc) is 3.40. The van der Waals surface area contributed by atoms with Gasteiger partial charge in [-0.25, -0.2) is 0 Å². The summed E-state index contributed by atoms with van der Waals surface area (Å²) in [5.74, 6) is -2.23. The number of carboxylic acid groups (broad SMARTS) is 2. The van der Waals surface area contributed by atoms with Gasteiger partial charge in [-0.05, 0) is 82.6 Å². The molecule has 18 nitrogen and oxygen atoms in total. The van der Waals surface area contributed by atoms with Crippen molar-refractivity contribution in [1.82, 2.24) is 29.9 Å². The number of carboxylic acids is 2. The molecule has 6 aromatic heterocycles. The van der Waals surface area contributed by atoms with Crippen LogP contribution in [0.5, 0.6) is 34.5 Å². The summed E-state index contributed by atoms with van der Waals surface area (Å²) in [6.07, 6.45) is 9.77. The zero-order valence-electron chi connectivity index (χ0n) is 43.4. The number of fused-ring (bicyclic) bond motifs is 6. The second-order valence-electron chi connectivity index (χ2n) is 15.0. The number of hydrogen-bond acceptors (Lipinski definition) is 16. The van der Waals surface area contributed by atoms with Gasteiger partial charge >= 0.3 is 77.9 Å². The van der Waals surface area contributed by atoms with Gasteiger partial charge in [0.05, 0.1) is 33.1 Å². The number of carbonyl (C=O) groups is 2. The predicted octanol–water partition coefficient (Wildman–Crippen LogP) is 3.70. The Hall–Kier alpha value is -8.07. The summed E-state index contributed by atoms with van der Waals surface area (Å²) in [5, 5.41) is 89.9. The van der Waals surface area contributed by atoms with Crippen LogP contribution in [0.2, 0.25) is 0 Å². The van der Waals surface area contributed by atoms with E-state index in [0.29, 0.717) is 33.1 Å². The predicted molar refractivity (Wildman–Crippen MR) is 276 cm³/mol.